The van der Waals surface area contributed by atoms with E-state index in [-0.39, 0.29) is 6.04 Å². The molecule has 0 saturated carbocycles. The Kier molecular flexibility index (Phi) is 5.60. The van der Waals surface area contributed by atoms with E-state index in [1.807, 2.05) is 30.6 Å². The van der Waals surface area contributed by atoms with E-state index in [0.717, 1.165) is 52.2 Å². The number of fused-ring (bicyclic) bond motifs is 1. The molecule has 2 aromatic heterocycles. The van der Waals surface area contributed by atoms with Gasteiger partial charge in [-0.15, -0.1) is 0 Å². The molecular formula is C22H22N4OS. The molecule has 1 atom stereocenters. The second-order valence-electron chi connectivity index (χ2n) is 6.80. The Labute approximate surface area is 168 Å². The minimum atomic E-state index is 0.0773. The Hall–Kier alpha value is -2.83. The van der Waals surface area contributed by atoms with Crippen molar-refractivity contribution < 1.29 is 4.74 Å². The number of hydrogen-bond donors (Lipinski definition) is 1. The van der Waals surface area contributed by atoms with E-state index in [4.69, 9.17) is 15.5 Å². The third-order valence-electron chi connectivity index (χ3n) is 4.75. The van der Waals surface area contributed by atoms with Crippen LogP contribution in [0.4, 0.5) is 0 Å². The van der Waals surface area contributed by atoms with Crippen LogP contribution in [-0.2, 0) is 12.8 Å². The van der Waals surface area contributed by atoms with Gasteiger partial charge in [0.15, 0.2) is 0 Å². The zero-order valence-corrected chi connectivity index (χ0v) is 16.5. The highest BCUT2D eigenvalue weighted by Crippen LogP contribution is 2.25. The van der Waals surface area contributed by atoms with Crippen molar-refractivity contribution >= 4 is 22.3 Å². The van der Waals surface area contributed by atoms with Crippen molar-refractivity contribution in [2.45, 2.75) is 25.3 Å². The molecule has 0 radical (unpaired) electrons. The number of ether oxygens (including phenoxy) is 1. The largest absolute Gasteiger partial charge is 0.497 e. The molecule has 0 saturated heterocycles. The van der Waals surface area contributed by atoms with Crippen molar-refractivity contribution in [2.75, 3.05) is 7.11 Å². The van der Waals surface area contributed by atoms with Gasteiger partial charge in [-0.05, 0) is 59.6 Å². The normalized spacial score (nSPS) is 12.2. The van der Waals surface area contributed by atoms with Crippen molar-refractivity contribution in [3.63, 3.8) is 0 Å². The first-order valence-corrected chi connectivity index (χ1v) is 10.0. The third-order valence-corrected chi connectivity index (χ3v) is 5.55. The number of rotatable bonds is 7. The summed E-state index contributed by atoms with van der Waals surface area (Å²) in [5.74, 6) is 1.72. The Balaban J connectivity index is 1.37. The molecule has 5 nitrogen and oxygen atoms in total. The number of benzene rings is 2. The molecule has 0 fully saturated rings. The van der Waals surface area contributed by atoms with E-state index in [0.29, 0.717) is 0 Å². The van der Waals surface area contributed by atoms with Crippen LogP contribution in [-0.4, -0.2) is 27.5 Å². The first-order chi connectivity index (χ1) is 13.7. The molecule has 4 rings (SSSR count). The number of methoxy groups -OCH3 is 1. The maximum absolute atomic E-state index is 6.31. The molecule has 0 aliphatic carbocycles. The monoisotopic (exact) mass is 390 g/mol. The predicted octanol–water partition coefficient (Wildman–Crippen LogP) is 4.26. The summed E-state index contributed by atoms with van der Waals surface area (Å²) >= 11 is 1.44. The van der Waals surface area contributed by atoms with E-state index in [1.54, 1.807) is 7.11 Å². The summed E-state index contributed by atoms with van der Waals surface area (Å²) in [5, 5.41) is 3.23. The van der Waals surface area contributed by atoms with Crippen LogP contribution in [0.25, 0.3) is 21.3 Å². The van der Waals surface area contributed by atoms with Gasteiger partial charge in [0.1, 0.15) is 16.6 Å². The maximum Gasteiger partial charge on any atom is 0.144 e. The van der Waals surface area contributed by atoms with Crippen LogP contribution in [0.3, 0.4) is 0 Å². The average molecular weight is 391 g/mol. The molecule has 0 aliphatic heterocycles. The second kappa shape index (κ2) is 8.46. The van der Waals surface area contributed by atoms with Gasteiger partial charge >= 0.3 is 0 Å². The lowest BCUT2D eigenvalue weighted by atomic mass is 10.0. The highest BCUT2D eigenvalue weighted by atomic mass is 32.1. The average Bonchev–Trinajstić information content (AvgIpc) is 3.21. The van der Waals surface area contributed by atoms with Crippen molar-refractivity contribution in [3.8, 4) is 16.3 Å². The first-order valence-electron chi connectivity index (χ1n) is 9.26. The quantitative estimate of drug-likeness (QED) is 0.510. The lowest BCUT2D eigenvalue weighted by Crippen LogP contribution is -2.23. The Morgan fingerprint density at radius 2 is 1.93 bits per heavy atom. The van der Waals surface area contributed by atoms with Crippen molar-refractivity contribution in [1.29, 1.82) is 0 Å². The zero-order valence-electron chi connectivity index (χ0n) is 15.7. The molecule has 0 aliphatic rings. The van der Waals surface area contributed by atoms with Gasteiger partial charge in [-0.25, -0.2) is 4.98 Å². The van der Waals surface area contributed by atoms with E-state index in [2.05, 4.69) is 39.7 Å². The summed E-state index contributed by atoms with van der Waals surface area (Å²) in [6.07, 6.45) is 6.15. The lowest BCUT2D eigenvalue weighted by molar-refractivity contribution is 0.414. The summed E-state index contributed by atoms with van der Waals surface area (Å²) in [6, 6.07) is 16.4. The number of nitrogens with two attached hydrogens (primary N) is 1. The van der Waals surface area contributed by atoms with Crippen molar-refractivity contribution in [2.24, 2.45) is 5.73 Å². The van der Waals surface area contributed by atoms with Gasteiger partial charge in [-0.3, -0.25) is 4.98 Å². The van der Waals surface area contributed by atoms with E-state index in [1.165, 1.54) is 17.1 Å². The summed E-state index contributed by atoms with van der Waals surface area (Å²) < 4.78 is 9.71. The minimum Gasteiger partial charge on any atom is -0.497 e. The second-order valence-corrected chi connectivity index (χ2v) is 7.56. The zero-order chi connectivity index (χ0) is 19.3. The van der Waals surface area contributed by atoms with Gasteiger partial charge < -0.3 is 10.5 Å². The number of aromatic nitrogens is 3. The van der Waals surface area contributed by atoms with Crippen LogP contribution in [0.15, 0.2) is 60.9 Å². The van der Waals surface area contributed by atoms with Crippen LogP contribution in [0.2, 0.25) is 0 Å². The van der Waals surface area contributed by atoms with Gasteiger partial charge in [0, 0.05) is 35.8 Å². The summed E-state index contributed by atoms with van der Waals surface area (Å²) in [5.41, 5.74) is 8.62. The van der Waals surface area contributed by atoms with Crippen LogP contribution < -0.4 is 10.5 Å². The molecule has 28 heavy (non-hydrogen) atoms. The van der Waals surface area contributed by atoms with Crippen LogP contribution in [0, 0.1) is 0 Å². The number of nitrogens with zero attached hydrogens (tertiary/aromatic N) is 3. The predicted molar refractivity (Wildman–Crippen MR) is 114 cm³/mol. The highest BCUT2D eigenvalue weighted by molar-refractivity contribution is 7.09. The fraction of sp³-hybridized carbons (Fsp3) is 0.227. The third kappa shape index (κ3) is 4.35. The molecule has 0 bridgehead atoms. The molecular weight excluding hydrogens is 368 g/mol. The topological polar surface area (TPSA) is 73.9 Å². The minimum absolute atomic E-state index is 0.0773. The standard InChI is InChI=1S/C22H22N4OS/c1-27-20-7-2-15(3-8-20)12-19(23)6-9-21-25-22(28-26-21)17-4-5-18-14-24-11-10-16(18)13-17/h2-5,7-8,10-11,13-14,19H,6,9,12,23H2,1H3/t19-/m1/s1. The van der Waals surface area contributed by atoms with Gasteiger partial charge in [-0.1, -0.05) is 24.3 Å². The summed E-state index contributed by atoms with van der Waals surface area (Å²) in [7, 11) is 1.67. The molecule has 2 N–H and O–H groups in total. The number of hydrogen-bond acceptors (Lipinski definition) is 6. The maximum atomic E-state index is 6.31. The molecule has 2 aromatic carbocycles. The summed E-state index contributed by atoms with van der Waals surface area (Å²) in [6.45, 7) is 0. The molecule has 4 aromatic rings. The van der Waals surface area contributed by atoms with E-state index >= 15 is 0 Å². The van der Waals surface area contributed by atoms with Gasteiger partial charge in [0.05, 0.1) is 7.11 Å². The molecule has 0 spiro atoms. The fourth-order valence-corrected chi connectivity index (χ4v) is 3.87. The Bertz CT molecular complexity index is 1060. The van der Waals surface area contributed by atoms with Gasteiger partial charge in [-0.2, -0.15) is 4.37 Å². The molecule has 0 amide bonds. The highest BCUT2D eigenvalue weighted by Gasteiger charge is 2.10. The van der Waals surface area contributed by atoms with Crippen LogP contribution in [0.5, 0.6) is 5.75 Å². The first kappa shape index (κ1) is 18.5. The van der Waals surface area contributed by atoms with Crippen molar-refractivity contribution in [3.05, 3.63) is 72.3 Å². The van der Waals surface area contributed by atoms with Crippen molar-refractivity contribution in [1.82, 2.24) is 14.3 Å². The van der Waals surface area contributed by atoms with Gasteiger partial charge in [0.2, 0.25) is 0 Å². The molecule has 142 valence electrons. The molecule has 0 unspecified atom stereocenters. The van der Waals surface area contributed by atoms with Crippen LogP contribution in [0.1, 0.15) is 17.8 Å². The fourth-order valence-electron chi connectivity index (χ4n) is 3.17. The molecule has 2 heterocycles. The summed E-state index contributed by atoms with van der Waals surface area (Å²) in [4.78, 5) is 8.86. The van der Waals surface area contributed by atoms with Crippen LogP contribution >= 0.6 is 11.5 Å². The Morgan fingerprint density at radius 3 is 2.75 bits per heavy atom. The molecule has 6 heteroatoms. The smallest absolute Gasteiger partial charge is 0.144 e. The number of pyridine rings is 1. The number of aryl methyl sites for hydroxylation is 1. The van der Waals surface area contributed by atoms with E-state index < -0.39 is 0 Å². The SMILES string of the molecule is COc1ccc(C[C@H](N)CCc2nsc(-c3ccc4cnccc4c3)n2)cc1. The van der Waals surface area contributed by atoms with E-state index in [9.17, 15) is 0 Å². The Morgan fingerprint density at radius 1 is 1.07 bits per heavy atom. The van der Waals surface area contributed by atoms with Gasteiger partial charge in [0.25, 0.3) is 0 Å². The lowest BCUT2D eigenvalue weighted by Gasteiger charge is -2.11.